The van der Waals surface area contributed by atoms with Crippen molar-refractivity contribution in [2.45, 2.75) is 19.5 Å². The molecule has 3 saturated heterocycles. The summed E-state index contributed by atoms with van der Waals surface area (Å²) in [6, 6.07) is 29.1. The van der Waals surface area contributed by atoms with E-state index < -0.39 is 0 Å². The van der Waals surface area contributed by atoms with Crippen molar-refractivity contribution in [2.24, 2.45) is 10.2 Å². The lowest BCUT2D eigenvalue weighted by atomic mass is 10.1. The van der Waals surface area contributed by atoms with Crippen LogP contribution in [0, 0.1) is 0 Å². The summed E-state index contributed by atoms with van der Waals surface area (Å²) in [5.41, 5.74) is 4.42. The summed E-state index contributed by atoms with van der Waals surface area (Å²) >= 11 is 0. The number of aromatic nitrogens is 3. The van der Waals surface area contributed by atoms with Crippen LogP contribution in [-0.2, 0) is 13.1 Å². The first-order chi connectivity index (χ1) is 19.7. The minimum atomic E-state index is 0.638. The van der Waals surface area contributed by atoms with Crippen molar-refractivity contribution < 1.29 is 9.16 Å². The van der Waals surface area contributed by atoms with Gasteiger partial charge >= 0.3 is 5.95 Å². The van der Waals surface area contributed by atoms with Crippen LogP contribution in [0.4, 0.5) is 17.3 Å². The Morgan fingerprint density at radius 1 is 0.825 bits per heavy atom. The molecule has 3 fully saturated rings. The molecular formula is C32H40N8+2. The smallest absolute Gasteiger partial charge is 0.374 e. The lowest BCUT2D eigenvalue weighted by Crippen LogP contribution is -2.67. The van der Waals surface area contributed by atoms with E-state index >= 15 is 0 Å². The zero-order valence-corrected chi connectivity index (χ0v) is 23.5. The molecule has 0 atom stereocenters. The highest BCUT2D eigenvalue weighted by molar-refractivity contribution is 5.52. The summed E-state index contributed by atoms with van der Waals surface area (Å²) in [6.45, 7) is 11.5. The molecule has 0 radical (unpaired) electrons. The number of anilines is 1. The maximum Gasteiger partial charge on any atom is 0.442 e. The van der Waals surface area contributed by atoms with Crippen molar-refractivity contribution >= 4 is 17.3 Å². The lowest BCUT2D eigenvalue weighted by Gasteiger charge is -2.50. The molecule has 206 valence electrons. The van der Waals surface area contributed by atoms with Crippen molar-refractivity contribution in [1.29, 1.82) is 0 Å². The average Bonchev–Trinajstić information content (AvgIpc) is 3.38. The zero-order valence-electron chi connectivity index (χ0n) is 23.5. The highest BCUT2D eigenvalue weighted by atomic mass is 15.5. The fraction of sp³-hybridized carbons (Fsp3) is 0.375. The maximum atomic E-state index is 4.69. The summed E-state index contributed by atoms with van der Waals surface area (Å²) in [5, 5.41) is 14.0. The molecule has 0 unspecified atom stereocenters. The van der Waals surface area contributed by atoms with Gasteiger partial charge < -0.3 is 9.38 Å². The Bertz CT molecular complexity index is 1320. The highest BCUT2D eigenvalue weighted by Gasteiger charge is 2.37. The van der Waals surface area contributed by atoms with E-state index in [2.05, 4.69) is 92.3 Å². The van der Waals surface area contributed by atoms with E-state index in [0.717, 1.165) is 18.2 Å². The third kappa shape index (κ3) is 6.29. The summed E-state index contributed by atoms with van der Waals surface area (Å²) in [7, 11) is 2.19. The molecule has 8 nitrogen and oxygen atoms in total. The van der Waals surface area contributed by atoms with Gasteiger partial charge in [-0.3, -0.25) is 4.90 Å². The molecule has 40 heavy (non-hydrogen) atoms. The van der Waals surface area contributed by atoms with E-state index in [0.29, 0.717) is 13.1 Å². The second kappa shape index (κ2) is 12.1. The van der Waals surface area contributed by atoms with Gasteiger partial charge in [0, 0.05) is 50.4 Å². The molecule has 3 aromatic carbocycles. The number of hydrogen-bond acceptors (Lipinski definition) is 5. The second-order valence-electron chi connectivity index (χ2n) is 11.3. The summed E-state index contributed by atoms with van der Waals surface area (Å²) in [5.74, 6) is 0.722. The molecular weight excluding hydrogens is 496 g/mol. The quantitative estimate of drug-likeness (QED) is 0.159. The Kier molecular flexibility index (Phi) is 7.97. The van der Waals surface area contributed by atoms with Gasteiger partial charge in [-0.05, 0) is 35.4 Å². The van der Waals surface area contributed by atoms with Crippen molar-refractivity contribution in [3.8, 4) is 0 Å². The van der Waals surface area contributed by atoms with E-state index in [1.54, 1.807) is 0 Å². The third-order valence-corrected chi connectivity index (χ3v) is 8.53. The molecule has 0 amide bonds. The van der Waals surface area contributed by atoms with Crippen LogP contribution < -0.4 is 9.58 Å². The van der Waals surface area contributed by atoms with E-state index in [4.69, 9.17) is 5.11 Å². The Balaban J connectivity index is 1.12. The van der Waals surface area contributed by atoms with Crippen LogP contribution in [0.5, 0.6) is 0 Å². The lowest BCUT2D eigenvalue weighted by molar-refractivity contribution is -0.941. The molecule has 0 spiro atoms. The highest BCUT2D eigenvalue weighted by Crippen LogP contribution is 2.23. The second-order valence-corrected chi connectivity index (χ2v) is 11.3. The Morgan fingerprint density at radius 2 is 1.48 bits per heavy atom. The number of hydrogen-bond donors (Lipinski definition) is 0. The predicted molar refractivity (Wildman–Crippen MR) is 158 cm³/mol. The Hall–Kier alpha value is -3.88. The Labute approximate surface area is 237 Å². The summed E-state index contributed by atoms with van der Waals surface area (Å²) in [4.78, 5) is 4.98. The zero-order chi connectivity index (χ0) is 27.2. The number of benzene rings is 3. The van der Waals surface area contributed by atoms with E-state index in [9.17, 15) is 0 Å². The van der Waals surface area contributed by atoms with Gasteiger partial charge in [-0.15, -0.1) is 4.68 Å². The number of fused-ring (bicyclic) bond motifs is 3. The van der Waals surface area contributed by atoms with Gasteiger partial charge in [0.25, 0.3) is 0 Å². The van der Waals surface area contributed by atoms with Crippen LogP contribution in [0.2, 0.25) is 0 Å². The van der Waals surface area contributed by atoms with Crippen LogP contribution in [0.3, 0.4) is 0 Å². The first-order valence-corrected chi connectivity index (χ1v) is 14.5. The van der Waals surface area contributed by atoms with Crippen LogP contribution in [0.1, 0.15) is 17.5 Å². The number of nitrogens with zero attached hydrogens (tertiary/aromatic N) is 8. The molecule has 2 bridgehead atoms. The molecule has 0 aliphatic carbocycles. The number of rotatable bonds is 11. The number of piperazine rings is 3. The van der Waals surface area contributed by atoms with Gasteiger partial charge in [-0.25, -0.2) is 4.57 Å². The first-order valence-electron chi connectivity index (χ1n) is 14.5. The topological polar surface area (TPSA) is 52.9 Å². The largest absolute Gasteiger partial charge is 0.442 e. The van der Waals surface area contributed by atoms with Gasteiger partial charge in [0.15, 0.2) is 6.33 Å². The number of azo groups is 1. The average molecular weight is 537 g/mol. The van der Waals surface area contributed by atoms with Crippen molar-refractivity contribution in [2.75, 3.05) is 64.3 Å². The van der Waals surface area contributed by atoms with Gasteiger partial charge in [-0.2, -0.15) is 0 Å². The molecule has 0 saturated carbocycles. The van der Waals surface area contributed by atoms with E-state index in [1.165, 1.54) is 73.5 Å². The van der Waals surface area contributed by atoms with Gasteiger partial charge in [-0.1, -0.05) is 70.9 Å². The molecule has 4 heterocycles. The minimum Gasteiger partial charge on any atom is -0.374 e. The normalized spacial score (nSPS) is 20.3. The van der Waals surface area contributed by atoms with Gasteiger partial charge in [0.1, 0.15) is 12.2 Å². The Morgan fingerprint density at radius 3 is 2.15 bits per heavy atom. The molecule has 0 N–H and O–H groups in total. The van der Waals surface area contributed by atoms with Crippen molar-refractivity contribution in [3.05, 3.63) is 102 Å². The molecule has 3 aliphatic heterocycles. The molecule has 1 aromatic heterocycles. The fourth-order valence-electron chi connectivity index (χ4n) is 5.96. The van der Waals surface area contributed by atoms with Crippen LogP contribution in [-0.4, -0.2) is 78.5 Å². The minimum absolute atomic E-state index is 0.638. The predicted octanol–water partition coefficient (Wildman–Crippen LogP) is 4.65. The van der Waals surface area contributed by atoms with Crippen LogP contribution in [0.15, 0.2) is 101 Å². The van der Waals surface area contributed by atoms with Crippen LogP contribution >= 0.6 is 0 Å². The summed E-state index contributed by atoms with van der Waals surface area (Å²) in [6.07, 6.45) is 3.07. The molecule has 8 heteroatoms. The standard InChI is InChI=1S/C32H40N8/c1-36(17-8-21-40-22-18-37(19-23-40)20-24-40)31-15-13-30(14-16-31)34-35-32-38(25-28-9-4-2-5-10-28)27-33-39(32)26-29-11-6-3-7-12-29/h2-7,9-16,27H,8,17-26H2,1H3/q+2. The SMILES string of the molecule is CN(CCC[N+]12CCN(CC1)CC2)c1ccc(/N=N/c2n(Cc3ccccc3)cn[n+]2Cc2ccccc2)cc1. The molecule has 3 aliphatic rings. The van der Waals surface area contributed by atoms with Crippen molar-refractivity contribution in [3.63, 3.8) is 0 Å². The molecule has 7 rings (SSSR count). The third-order valence-electron chi connectivity index (χ3n) is 8.53. The first kappa shape index (κ1) is 26.3. The van der Waals surface area contributed by atoms with Gasteiger partial charge in [0.05, 0.1) is 32.7 Å². The fourth-order valence-corrected chi connectivity index (χ4v) is 5.96. The molecule has 4 aromatic rings. The summed E-state index contributed by atoms with van der Waals surface area (Å²) < 4.78 is 5.30. The van der Waals surface area contributed by atoms with Crippen molar-refractivity contribution in [1.82, 2.24) is 14.6 Å². The monoisotopic (exact) mass is 536 g/mol. The van der Waals surface area contributed by atoms with E-state index in [1.807, 2.05) is 35.3 Å². The van der Waals surface area contributed by atoms with Gasteiger partial charge in [0.2, 0.25) is 0 Å². The van der Waals surface area contributed by atoms with E-state index in [-0.39, 0.29) is 0 Å². The van der Waals surface area contributed by atoms with Crippen LogP contribution in [0.25, 0.3) is 0 Å². The number of quaternary nitrogens is 1. The maximum absolute atomic E-state index is 4.69.